The summed E-state index contributed by atoms with van der Waals surface area (Å²) in [5, 5.41) is 1.01. The molecular formula is C21H21NO3. The molecule has 0 aliphatic carbocycles. The lowest BCUT2D eigenvalue weighted by Gasteiger charge is -2.32. The first kappa shape index (κ1) is 15.8. The van der Waals surface area contributed by atoms with Crippen molar-refractivity contribution in [1.82, 2.24) is 0 Å². The third kappa shape index (κ3) is 2.68. The van der Waals surface area contributed by atoms with Crippen molar-refractivity contribution in [2.24, 2.45) is 0 Å². The van der Waals surface area contributed by atoms with E-state index in [1.54, 1.807) is 6.07 Å². The second kappa shape index (κ2) is 5.96. The van der Waals surface area contributed by atoms with Gasteiger partial charge in [0.1, 0.15) is 11.3 Å². The number of hydrogen-bond acceptors (Lipinski definition) is 4. The van der Waals surface area contributed by atoms with Gasteiger partial charge in [0.05, 0.1) is 0 Å². The molecule has 25 heavy (non-hydrogen) atoms. The third-order valence-corrected chi connectivity index (χ3v) is 4.85. The zero-order valence-corrected chi connectivity index (χ0v) is 14.8. The number of ether oxygens (including phenoxy) is 1. The molecule has 1 aliphatic rings. The highest BCUT2D eigenvalue weighted by Crippen LogP contribution is 2.37. The lowest BCUT2D eigenvalue weighted by Crippen LogP contribution is -2.32. The van der Waals surface area contributed by atoms with Gasteiger partial charge in [-0.05, 0) is 49.6 Å². The molecule has 3 aromatic rings. The Labute approximate surface area is 146 Å². The molecule has 0 amide bonds. The molecule has 4 nitrogen and oxygen atoms in total. The molecule has 0 spiro atoms. The summed E-state index contributed by atoms with van der Waals surface area (Å²) in [7, 11) is 0. The average molecular weight is 335 g/mol. The third-order valence-electron chi connectivity index (χ3n) is 4.85. The van der Waals surface area contributed by atoms with Gasteiger partial charge in [-0.3, -0.25) is 0 Å². The lowest BCUT2D eigenvalue weighted by atomic mass is 9.99. The van der Waals surface area contributed by atoms with Crippen LogP contribution >= 0.6 is 0 Å². The average Bonchev–Trinajstić information content (AvgIpc) is 2.61. The van der Waals surface area contributed by atoms with Gasteiger partial charge < -0.3 is 14.1 Å². The number of nitrogens with zero attached hydrogens (tertiary/aromatic N) is 1. The van der Waals surface area contributed by atoms with Crippen LogP contribution in [-0.2, 0) is 13.0 Å². The lowest BCUT2D eigenvalue weighted by molar-refractivity contribution is 0.287. The number of anilines is 1. The second-order valence-electron chi connectivity index (χ2n) is 6.62. The van der Waals surface area contributed by atoms with Crippen LogP contribution < -0.4 is 15.3 Å². The van der Waals surface area contributed by atoms with Crippen molar-refractivity contribution in [2.75, 3.05) is 11.6 Å². The maximum Gasteiger partial charge on any atom is 0.336 e. The molecule has 0 saturated heterocycles. The minimum absolute atomic E-state index is 0.301. The van der Waals surface area contributed by atoms with E-state index in [-0.39, 0.29) is 5.63 Å². The molecule has 0 fully saturated rings. The Kier molecular flexibility index (Phi) is 3.75. The van der Waals surface area contributed by atoms with Gasteiger partial charge in [0.2, 0.25) is 0 Å². The zero-order chi connectivity index (χ0) is 17.6. The normalized spacial score (nSPS) is 13.6. The van der Waals surface area contributed by atoms with Crippen molar-refractivity contribution in [2.45, 2.75) is 33.7 Å². The second-order valence-corrected chi connectivity index (χ2v) is 6.62. The fraction of sp³-hybridized carbons (Fsp3) is 0.286. The maximum atomic E-state index is 11.8. The highest BCUT2D eigenvalue weighted by Gasteiger charge is 2.23. The minimum Gasteiger partial charge on any atom is -0.472 e. The molecular weight excluding hydrogens is 314 g/mol. The summed E-state index contributed by atoms with van der Waals surface area (Å²) in [5.74, 6) is 0.841. The van der Waals surface area contributed by atoms with Gasteiger partial charge in [-0.2, -0.15) is 0 Å². The van der Waals surface area contributed by atoms with Gasteiger partial charge in [-0.15, -0.1) is 0 Å². The first-order valence-corrected chi connectivity index (χ1v) is 8.60. The van der Waals surface area contributed by atoms with Crippen LogP contribution in [0.5, 0.6) is 5.75 Å². The Hall–Kier alpha value is -2.75. The van der Waals surface area contributed by atoms with Crippen LogP contribution in [0.25, 0.3) is 11.0 Å². The van der Waals surface area contributed by atoms with Crippen LogP contribution in [-0.4, -0.2) is 6.73 Å². The van der Waals surface area contributed by atoms with E-state index >= 15 is 0 Å². The van der Waals surface area contributed by atoms with Gasteiger partial charge in [0.25, 0.3) is 0 Å². The Morgan fingerprint density at radius 3 is 2.76 bits per heavy atom. The Morgan fingerprint density at radius 2 is 2.00 bits per heavy atom. The van der Waals surface area contributed by atoms with Crippen molar-refractivity contribution < 1.29 is 9.15 Å². The summed E-state index contributed by atoms with van der Waals surface area (Å²) in [6.45, 7) is 7.37. The summed E-state index contributed by atoms with van der Waals surface area (Å²) in [6.07, 6.45) is 0.794. The number of rotatable bonds is 2. The van der Waals surface area contributed by atoms with E-state index in [2.05, 4.69) is 49.1 Å². The molecule has 0 saturated carbocycles. The van der Waals surface area contributed by atoms with Crippen LogP contribution in [0.4, 0.5) is 5.69 Å². The summed E-state index contributed by atoms with van der Waals surface area (Å²) >= 11 is 0. The molecule has 1 aromatic heterocycles. The fourth-order valence-corrected chi connectivity index (χ4v) is 3.57. The zero-order valence-electron chi connectivity index (χ0n) is 14.8. The number of hydrogen-bond donors (Lipinski definition) is 0. The van der Waals surface area contributed by atoms with Crippen molar-refractivity contribution in [3.05, 3.63) is 69.1 Å². The van der Waals surface area contributed by atoms with Crippen molar-refractivity contribution >= 4 is 16.7 Å². The van der Waals surface area contributed by atoms with E-state index in [1.165, 1.54) is 5.56 Å². The topological polar surface area (TPSA) is 42.7 Å². The van der Waals surface area contributed by atoms with Crippen LogP contribution in [0.2, 0.25) is 0 Å². The smallest absolute Gasteiger partial charge is 0.336 e. The first-order chi connectivity index (χ1) is 12.1. The molecule has 0 radical (unpaired) electrons. The van der Waals surface area contributed by atoms with Crippen molar-refractivity contribution in [3.63, 3.8) is 0 Å². The summed E-state index contributed by atoms with van der Waals surface area (Å²) in [6, 6.07) is 12.1. The van der Waals surface area contributed by atoms with E-state index in [9.17, 15) is 4.79 Å². The molecule has 0 bridgehead atoms. The molecule has 4 rings (SSSR count). The van der Waals surface area contributed by atoms with Gasteiger partial charge in [-0.25, -0.2) is 4.79 Å². The standard InChI is InChI=1S/C21H21NO3/c1-4-15-10-19(23)25-21-14(3)20-16(9-18(15)21)11-22(12-24-20)17-7-5-6-13(2)8-17/h5-10H,4,11-12H2,1-3H3. The van der Waals surface area contributed by atoms with E-state index in [0.717, 1.165) is 46.5 Å². The summed E-state index contributed by atoms with van der Waals surface area (Å²) in [4.78, 5) is 14.1. The largest absolute Gasteiger partial charge is 0.472 e. The molecule has 2 heterocycles. The van der Waals surface area contributed by atoms with Crippen molar-refractivity contribution in [3.8, 4) is 5.75 Å². The molecule has 128 valence electrons. The molecule has 0 unspecified atom stereocenters. The van der Waals surface area contributed by atoms with Crippen LogP contribution in [0.15, 0.2) is 45.6 Å². The number of aryl methyl sites for hydroxylation is 3. The summed E-state index contributed by atoms with van der Waals surface area (Å²) in [5.41, 5.74) is 5.78. The van der Waals surface area contributed by atoms with E-state index in [4.69, 9.17) is 9.15 Å². The predicted octanol–water partition coefficient (Wildman–Crippen LogP) is 4.33. The molecule has 0 N–H and O–H groups in total. The van der Waals surface area contributed by atoms with E-state index in [1.807, 2.05) is 6.92 Å². The summed E-state index contributed by atoms with van der Waals surface area (Å²) < 4.78 is 11.5. The van der Waals surface area contributed by atoms with E-state index < -0.39 is 0 Å². The van der Waals surface area contributed by atoms with Crippen LogP contribution in [0, 0.1) is 13.8 Å². The first-order valence-electron chi connectivity index (χ1n) is 8.60. The molecule has 4 heteroatoms. The number of benzene rings is 2. The highest BCUT2D eigenvalue weighted by molar-refractivity contribution is 5.86. The van der Waals surface area contributed by atoms with Gasteiger partial charge in [0.15, 0.2) is 6.73 Å². The Bertz CT molecular complexity index is 1020. The Balaban J connectivity index is 1.84. The minimum atomic E-state index is -0.301. The number of fused-ring (bicyclic) bond motifs is 2. The van der Waals surface area contributed by atoms with Gasteiger partial charge in [-0.1, -0.05) is 19.1 Å². The predicted molar refractivity (Wildman–Crippen MR) is 99.5 cm³/mol. The van der Waals surface area contributed by atoms with Crippen molar-refractivity contribution in [1.29, 1.82) is 0 Å². The monoisotopic (exact) mass is 335 g/mol. The van der Waals surface area contributed by atoms with Gasteiger partial charge >= 0.3 is 5.63 Å². The quantitative estimate of drug-likeness (QED) is 0.654. The molecule has 2 aromatic carbocycles. The SMILES string of the molecule is CCc1cc(=O)oc2c(C)c3c(cc12)CN(c1cccc(C)c1)CO3. The Morgan fingerprint density at radius 1 is 1.16 bits per heavy atom. The van der Waals surface area contributed by atoms with Crippen LogP contribution in [0.3, 0.4) is 0 Å². The van der Waals surface area contributed by atoms with Crippen LogP contribution in [0.1, 0.15) is 29.2 Å². The fourth-order valence-electron chi connectivity index (χ4n) is 3.57. The molecule has 0 atom stereocenters. The highest BCUT2D eigenvalue weighted by atomic mass is 16.5. The van der Waals surface area contributed by atoms with E-state index in [0.29, 0.717) is 12.3 Å². The van der Waals surface area contributed by atoms with Gasteiger partial charge in [0, 0.05) is 34.8 Å². The molecule has 1 aliphatic heterocycles. The maximum absolute atomic E-state index is 11.8.